The first kappa shape index (κ1) is 23.8. The lowest BCUT2D eigenvalue weighted by molar-refractivity contribution is 0.000801. The summed E-state index contributed by atoms with van der Waals surface area (Å²) >= 11 is 0. The average molecular weight is 469 g/mol. The molecule has 8 heteroatoms. The molecule has 178 valence electrons. The first-order valence-electron chi connectivity index (χ1n) is 11.9. The van der Waals surface area contributed by atoms with Gasteiger partial charge in [0.1, 0.15) is 11.6 Å². The van der Waals surface area contributed by atoms with Gasteiger partial charge in [-0.3, -0.25) is 9.69 Å². The molecule has 1 aromatic carbocycles. The molecule has 1 saturated heterocycles. The lowest BCUT2D eigenvalue weighted by Gasteiger charge is -2.51. The van der Waals surface area contributed by atoms with E-state index in [1.54, 1.807) is 4.31 Å². The van der Waals surface area contributed by atoms with E-state index in [-0.39, 0.29) is 23.8 Å². The Balaban J connectivity index is 1.45. The standard InChI is InChI=1S/C24H34F2N2O3S/c1-18-16-27(14-15-28(18)32(30,31)17-19-8-9-19)24(11-3-2-4-12-24)13-10-22(29)23-20(25)6-5-7-21(23)26/h5-7,18-19H,2-4,8-17H2,1H3. The number of hydrogen-bond acceptors (Lipinski definition) is 4. The third-order valence-electron chi connectivity index (χ3n) is 7.58. The van der Waals surface area contributed by atoms with Crippen LogP contribution in [0.3, 0.4) is 0 Å². The van der Waals surface area contributed by atoms with E-state index in [0.29, 0.717) is 32.0 Å². The molecule has 1 heterocycles. The van der Waals surface area contributed by atoms with Gasteiger partial charge in [-0.2, -0.15) is 4.31 Å². The fourth-order valence-electron chi connectivity index (χ4n) is 5.63. The summed E-state index contributed by atoms with van der Waals surface area (Å²) in [6, 6.07) is 3.39. The summed E-state index contributed by atoms with van der Waals surface area (Å²) < 4.78 is 55.5. The molecule has 5 nitrogen and oxygen atoms in total. The number of sulfonamides is 1. The van der Waals surface area contributed by atoms with Gasteiger partial charge < -0.3 is 0 Å². The molecule has 1 unspecified atom stereocenters. The molecule has 1 aromatic rings. The molecule has 3 aliphatic rings. The number of carbonyl (C=O) groups excluding carboxylic acids is 1. The first-order valence-corrected chi connectivity index (χ1v) is 13.5. The second-order valence-electron chi connectivity index (χ2n) is 9.93. The predicted molar refractivity (Wildman–Crippen MR) is 120 cm³/mol. The SMILES string of the molecule is CC1CN(C2(CCC(=O)c3c(F)cccc3F)CCCCC2)CCN1S(=O)(=O)CC1CC1. The molecule has 0 radical (unpaired) electrons. The number of nitrogens with zero attached hydrogens (tertiary/aromatic N) is 2. The number of halogens is 2. The van der Waals surface area contributed by atoms with E-state index in [0.717, 1.165) is 57.1 Å². The zero-order valence-electron chi connectivity index (χ0n) is 18.9. The second-order valence-corrected chi connectivity index (χ2v) is 11.9. The van der Waals surface area contributed by atoms with Crippen molar-refractivity contribution in [3.8, 4) is 0 Å². The minimum absolute atomic E-state index is 0.0897. The van der Waals surface area contributed by atoms with Gasteiger partial charge in [-0.15, -0.1) is 0 Å². The molecule has 0 spiro atoms. The molecule has 1 aliphatic heterocycles. The van der Waals surface area contributed by atoms with E-state index >= 15 is 0 Å². The molecule has 1 atom stereocenters. The molecule has 0 bridgehead atoms. The van der Waals surface area contributed by atoms with Gasteiger partial charge in [0, 0.05) is 37.6 Å². The molecule has 2 saturated carbocycles. The average Bonchev–Trinajstić information content (AvgIpc) is 3.56. The highest BCUT2D eigenvalue weighted by atomic mass is 32.2. The molecule has 0 N–H and O–H groups in total. The Bertz CT molecular complexity index is 922. The zero-order chi connectivity index (χ0) is 22.9. The van der Waals surface area contributed by atoms with Crippen LogP contribution in [-0.4, -0.2) is 60.4 Å². The van der Waals surface area contributed by atoms with Gasteiger partial charge in [-0.25, -0.2) is 17.2 Å². The van der Waals surface area contributed by atoms with E-state index < -0.39 is 33.0 Å². The summed E-state index contributed by atoms with van der Waals surface area (Å²) in [5, 5.41) is 0. The first-order chi connectivity index (χ1) is 15.2. The van der Waals surface area contributed by atoms with Crippen LogP contribution in [0.4, 0.5) is 8.78 Å². The minimum Gasteiger partial charge on any atom is -0.295 e. The van der Waals surface area contributed by atoms with Crippen LogP contribution in [0.5, 0.6) is 0 Å². The topological polar surface area (TPSA) is 57.7 Å². The van der Waals surface area contributed by atoms with Crippen molar-refractivity contribution in [2.24, 2.45) is 5.92 Å². The normalized spacial score (nSPS) is 25.0. The van der Waals surface area contributed by atoms with Crippen LogP contribution in [-0.2, 0) is 10.0 Å². The Hall–Kier alpha value is -1.38. The molecule has 0 aromatic heterocycles. The van der Waals surface area contributed by atoms with Crippen LogP contribution < -0.4 is 0 Å². The second kappa shape index (κ2) is 9.47. The van der Waals surface area contributed by atoms with E-state index in [1.165, 1.54) is 6.07 Å². The van der Waals surface area contributed by atoms with Crippen LogP contribution in [0.15, 0.2) is 18.2 Å². The van der Waals surface area contributed by atoms with Crippen molar-refractivity contribution in [1.29, 1.82) is 0 Å². The molecule has 2 aliphatic carbocycles. The van der Waals surface area contributed by atoms with E-state index in [2.05, 4.69) is 4.90 Å². The van der Waals surface area contributed by atoms with Crippen LogP contribution in [0.2, 0.25) is 0 Å². The Labute approximate surface area is 190 Å². The van der Waals surface area contributed by atoms with Crippen molar-refractivity contribution >= 4 is 15.8 Å². The van der Waals surface area contributed by atoms with Gasteiger partial charge in [-0.05, 0) is 57.1 Å². The van der Waals surface area contributed by atoms with Crippen molar-refractivity contribution in [3.63, 3.8) is 0 Å². The monoisotopic (exact) mass is 468 g/mol. The molecule has 3 fully saturated rings. The van der Waals surface area contributed by atoms with Crippen LogP contribution >= 0.6 is 0 Å². The van der Waals surface area contributed by atoms with Crippen molar-refractivity contribution in [3.05, 3.63) is 35.4 Å². The van der Waals surface area contributed by atoms with Crippen molar-refractivity contribution in [2.75, 3.05) is 25.4 Å². The van der Waals surface area contributed by atoms with Crippen molar-refractivity contribution in [1.82, 2.24) is 9.21 Å². The van der Waals surface area contributed by atoms with Crippen molar-refractivity contribution < 1.29 is 22.0 Å². The maximum atomic E-state index is 14.1. The fraction of sp³-hybridized carbons (Fsp3) is 0.708. The third-order valence-corrected chi connectivity index (χ3v) is 9.73. The third kappa shape index (κ3) is 5.07. The Kier molecular flexibility index (Phi) is 7.03. The number of carbonyl (C=O) groups is 1. The Morgan fingerprint density at radius 3 is 2.34 bits per heavy atom. The highest BCUT2D eigenvalue weighted by molar-refractivity contribution is 7.89. The van der Waals surface area contributed by atoms with Crippen LogP contribution in [0.1, 0.15) is 75.1 Å². The quantitative estimate of drug-likeness (QED) is 0.532. The number of piperazine rings is 1. The molecule has 4 rings (SSSR count). The molecular weight excluding hydrogens is 434 g/mol. The van der Waals surface area contributed by atoms with Gasteiger partial charge in [-0.1, -0.05) is 25.3 Å². The highest BCUT2D eigenvalue weighted by Crippen LogP contribution is 2.40. The number of hydrogen-bond donors (Lipinski definition) is 0. The summed E-state index contributed by atoms with van der Waals surface area (Å²) in [7, 11) is -3.25. The van der Waals surface area contributed by atoms with Crippen LogP contribution in [0, 0.1) is 17.6 Å². The largest absolute Gasteiger partial charge is 0.295 e. The fourth-order valence-corrected chi connectivity index (χ4v) is 7.73. The smallest absolute Gasteiger partial charge is 0.214 e. The maximum absolute atomic E-state index is 14.1. The summed E-state index contributed by atoms with van der Waals surface area (Å²) in [5.41, 5.74) is -0.654. The lowest BCUT2D eigenvalue weighted by atomic mass is 9.76. The number of Topliss-reactive ketones (excluding diaryl/α,β-unsaturated/α-hetero) is 1. The minimum atomic E-state index is -3.25. The zero-order valence-corrected chi connectivity index (χ0v) is 19.7. The van der Waals surface area contributed by atoms with Gasteiger partial charge in [0.2, 0.25) is 10.0 Å². The van der Waals surface area contributed by atoms with Gasteiger partial charge >= 0.3 is 0 Å². The Morgan fingerprint density at radius 1 is 1.09 bits per heavy atom. The summed E-state index contributed by atoms with van der Waals surface area (Å²) in [5.74, 6) is -1.54. The summed E-state index contributed by atoms with van der Waals surface area (Å²) in [6.07, 6.45) is 7.76. The molecule has 0 amide bonds. The predicted octanol–water partition coefficient (Wildman–Crippen LogP) is 4.38. The highest BCUT2D eigenvalue weighted by Gasteiger charge is 2.44. The summed E-state index contributed by atoms with van der Waals surface area (Å²) in [4.78, 5) is 15.1. The molecular formula is C24H34F2N2O3S. The van der Waals surface area contributed by atoms with Gasteiger partial charge in [0.05, 0.1) is 11.3 Å². The van der Waals surface area contributed by atoms with Crippen molar-refractivity contribution in [2.45, 2.75) is 76.3 Å². The van der Waals surface area contributed by atoms with E-state index in [9.17, 15) is 22.0 Å². The maximum Gasteiger partial charge on any atom is 0.214 e. The number of ketones is 1. The van der Waals surface area contributed by atoms with E-state index in [4.69, 9.17) is 0 Å². The van der Waals surface area contributed by atoms with Crippen LogP contribution in [0.25, 0.3) is 0 Å². The number of benzene rings is 1. The summed E-state index contributed by atoms with van der Waals surface area (Å²) in [6.45, 7) is 3.70. The number of rotatable bonds is 8. The van der Waals surface area contributed by atoms with E-state index in [1.807, 2.05) is 6.92 Å². The Morgan fingerprint density at radius 2 is 1.75 bits per heavy atom. The molecule has 32 heavy (non-hydrogen) atoms. The lowest BCUT2D eigenvalue weighted by Crippen LogP contribution is -2.61. The van der Waals surface area contributed by atoms with Gasteiger partial charge in [0.15, 0.2) is 5.78 Å². The van der Waals surface area contributed by atoms with Gasteiger partial charge in [0.25, 0.3) is 0 Å².